The van der Waals surface area contributed by atoms with Crippen molar-refractivity contribution in [3.63, 3.8) is 0 Å². The molecule has 3 aromatic carbocycles. The molecule has 0 saturated carbocycles. The molecule has 3 aromatic rings. The quantitative estimate of drug-likeness (QED) is 0.293. The lowest BCUT2D eigenvalue weighted by molar-refractivity contribution is -0.136. The average Bonchev–Trinajstić information content (AvgIpc) is 3.59. The van der Waals surface area contributed by atoms with E-state index in [0.29, 0.717) is 124 Å². The van der Waals surface area contributed by atoms with Crippen LogP contribution in [0.15, 0.2) is 70.6 Å². The van der Waals surface area contributed by atoms with Crippen LogP contribution in [-0.4, -0.2) is 138 Å². The fourth-order valence-electron chi connectivity index (χ4n) is 7.36. The number of benzene rings is 3. The first-order valence-electron chi connectivity index (χ1n) is 18.5. The van der Waals surface area contributed by atoms with Crippen LogP contribution in [0, 0.1) is 6.92 Å². The summed E-state index contributed by atoms with van der Waals surface area (Å²) in [5.74, 6) is 1.05. The van der Waals surface area contributed by atoms with Crippen molar-refractivity contribution >= 4 is 52.0 Å². The highest BCUT2D eigenvalue weighted by atomic mass is 35.5. The largest absolute Gasteiger partial charge is 0.493 e. The Bertz CT molecular complexity index is 1860. The number of carbonyl (C=O) groups is 2. The summed E-state index contributed by atoms with van der Waals surface area (Å²) < 4.78 is 33.2. The molecule has 288 valence electrons. The van der Waals surface area contributed by atoms with Crippen molar-refractivity contribution in [1.82, 2.24) is 23.9 Å². The summed E-state index contributed by atoms with van der Waals surface area (Å²) in [5, 5.41) is 1.17. The van der Waals surface area contributed by atoms with Gasteiger partial charge in [-0.25, -0.2) is 13.3 Å². The number of amidine groups is 1. The van der Waals surface area contributed by atoms with E-state index >= 15 is 4.79 Å². The number of ether oxygens (including phenoxy) is 3. The van der Waals surface area contributed by atoms with E-state index in [1.54, 1.807) is 4.90 Å². The van der Waals surface area contributed by atoms with Crippen LogP contribution < -0.4 is 4.74 Å². The van der Waals surface area contributed by atoms with Gasteiger partial charge in [-0.15, -0.1) is 0 Å². The van der Waals surface area contributed by atoms with Gasteiger partial charge in [-0.2, -0.15) is 0 Å². The zero-order valence-corrected chi connectivity index (χ0v) is 33.0. The lowest BCUT2D eigenvalue weighted by Crippen LogP contribution is -2.56. The third-order valence-electron chi connectivity index (χ3n) is 10.3. The monoisotopic (exact) mass is 796 g/mol. The summed E-state index contributed by atoms with van der Waals surface area (Å²) in [7, 11) is -1.48. The zero-order chi connectivity index (χ0) is 37.8. The highest BCUT2D eigenvalue weighted by molar-refractivity contribution is 7.82. The Labute approximate surface area is 329 Å². The van der Waals surface area contributed by atoms with Crippen LogP contribution in [0.1, 0.15) is 41.3 Å². The molecule has 3 atom stereocenters. The SMILES string of the molecule is CCOc1cc(C)c(S(=O)N2CCOCC2)cc1C1=N[C@@H](c2ccc(Cl)cc2)[C@@H](c2ccc(Cl)cc2)N1C(=O)N1CCN(CC(=O)N2CCOCC2)CC1. The van der Waals surface area contributed by atoms with E-state index in [0.717, 1.165) is 16.7 Å². The highest BCUT2D eigenvalue weighted by Crippen LogP contribution is 2.46. The van der Waals surface area contributed by atoms with Gasteiger partial charge in [-0.1, -0.05) is 47.5 Å². The molecule has 0 aliphatic carbocycles. The Morgan fingerprint density at radius 2 is 1.41 bits per heavy atom. The van der Waals surface area contributed by atoms with Crippen LogP contribution in [0.2, 0.25) is 10.0 Å². The normalized spacial score (nSPS) is 21.9. The summed E-state index contributed by atoms with van der Waals surface area (Å²) >= 11 is 12.7. The van der Waals surface area contributed by atoms with Crippen LogP contribution >= 0.6 is 23.2 Å². The maximum Gasteiger partial charge on any atom is 0.326 e. The fourth-order valence-corrected chi connectivity index (χ4v) is 8.92. The second-order valence-electron chi connectivity index (χ2n) is 13.7. The van der Waals surface area contributed by atoms with Crippen LogP contribution in [0.25, 0.3) is 0 Å². The summed E-state index contributed by atoms with van der Waals surface area (Å²) in [6, 6.07) is 17.5. The van der Waals surface area contributed by atoms with E-state index in [9.17, 15) is 9.00 Å². The van der Waals surface area contributed by atoms with E-state index in [1.165, 1.54) is 0 Å². The number of halogens is 2. The molecule has 7 rings (SSSR count). The molecule has 0 aromatic heterocycles. The van der Waals surface area contributed by atoms with E-state index in [2.05, 4.69) is 4.90 Å². The van der Waals surface area contributed by atoms with Crippen LogP contribution in [-0.2, 0) is 25.3 Å². The van der Waals surface area contributed by atoms with Crippen molar-refractivity contribution in [2.24, 2.45) is 4.99 Å². The number of morpholine rings is 2. The Hall–Kier alpha value is -3.56. The number of carbonyl (C=O) groups excluding carboxylic acids is 2. The molecule has 0 spiro atoms. The number of aliphatic imine (C=N–C) groups is 1. The number of amides is 3. The van der Waals surface area contributed by atoms with Gasteiger partial charge < -0.3 is 24.0 Å². The molecule has 54 heavy (non-hydrogen) atoms. The van der Waals surface area contributed by atoms with Gasteiger partial charge in [-0.05, 0) is 66.9 Å². The van der Waals surface area contributed by atoms with Crippen LogP contribution in [0.4, 0.5) is 4.79 Å². The Balaban J connectivity index is 1.28. The number of aryl methyl sites for hydroxylation is 1. The van der Waals surface area contributed by atoms with E-state index < -0.39 is 23.1 Å². The molecule has 12 nitrogen and oxygen atoms in total. The second-order valence-corrected chi connectivity index (χ2v) is 16.0. The topological polar surface area (TPSA) is 107 Å². The molecule has 15 heteroatoms. The molecular formula is C39H46Cl2N6O6S. The standard InChI is InChI=1S/C39H46Cl2N6O6S/c1-3-53-33-24-27(2)34(54(50)46-18-22-52-23-19-46)25-32(33)38-42-36(28-4-8-30(40)9-5-28)37(29-6-10-31(41)11-7-29)47(38)39(49)45-14-12-43(13-15-45)26-35(48)44-16-20-51-21-17-44/h4-11,24-25,36-37H,3,12-23,26H2,1-2H3/t36-,37+,54?/m0/s1. The van der Waals surface area contributed by atoms with Crippen molar-refractivity contribution in [2.45, 2.75) is 30.8 Å². The van der Waals surface area contributed by atoms with Crippen LogP contribution in [0.3, 0.4) is 0 Å². The summed E-state index contributed by atoms with van der Waals surface area (Å²) in [5.41, 5.74) is 3.12. The second kappa shape index (κ2) is 17.5. The van der Waals surface area contributed by atoms with Gasteiger partial charge in [0.15, 0.2) is 0 Å². The maximum absolute atomic E-state index is 15.1. The lowest BCUT2D eigenvalue weighted by Gasteiger charge is -2.39. The molecule has 1 unspecified atom stereocenters. The molecule has 3 fully saturated rings. The number of piperazine rings is 1. The minimum atomic E-state index is -1.48. The molecule has 0 radical (unpaired) electrons. The van der Waals surface area contributed by atoms with Gasteiger partial charge in [0.05, 0.1) is 56.1 Å². The smallest absolute Gasteiger partial charge is 0.326 e. The molecule has 4 aliphatic heterocycles. The number of hydrogen-bond acceptors (Lipinski definition) is 8. The van der Waals surface area contributed by atoms with E-state index in [1.807, 2.05) is 88.6 Å². The third kappa shape index (κ3) is 8.47. The first-order chi connectivity index (χ1) is 26.2. The predicted octanol–water partition coefficient (Wildman–Crippen LogP) is 5.20. The first kappa shape index (κ1) is 38.7. The minimum absolute atomic E-state index is 0.0775. The fraction of sp³-hybridized carbons (Fsp3) is 0.462. The molecular weight excluding hydrogens is 751 g/mol. The van der Waals surface area contributed by atoms with Crippen molar-refractivity contribution < 1.29 is 28.0 Å². The van der Waals surface area contributed by atoms with Gasteiger partial charge in [0, 0.05) is 62.4 Å². The van der Waals surface area contributed by atoms with E-state index in [4.69, 9.17) is 42.4 Å². The Morgan fingerprint density at radius 1 is 0.815 bits per heavy atom. The predicted molar refractivity (Wildman–Crippen MR) is 209 cm³/mol. The molecule has 0 bridgehead atoms. The van der Waals surface area contributed by atoms with Gasteiger partial charge in [0.25, 0.3) is 0 Å². The molecule has 4 heterocycles. The summed E-state index contributed by atoms with van der Waals surface area (Å²) in [4.78, 5) is 41.7. The molecule has 3 amide bonds. The third-order valence-corrected chi connectivity index (χ3v) is 12.4. The number of nitrogens with zero attached hydrogens (tertiary/aromatic N) is 6. The van der Waals surface area contributed by atoms with Gasteiger partial charge in [-0.3, -0.25) is 19.6 Å². The number of rotatable bonds is 9. The van der Waals surface area contributed by atoms with Crippen molar-refractivity contribution in [3.8, 4) is 5.75 Å². The van der Waals surface area contributed by atoms with E-state index in [-0.39, 0.29) is 11.9 Å². The number of urea groups is 1. The lowest BCUT2D eigenvalue weighted by atomic mass is 9.93. The van der Waals surface area contributed by atoms with Crippen molar-refractivity contribution in [3.05, 3.63) is 93.0 Å². The molecule has 4 aliphatic rings. The van der Waals surface area contributed by atoms with Crippen molar-refractivity contribution in [2.75, 3.05) is 91.9 Å². The maximum atomic E-state index is 15.1. The molecule has 3 saturated heterocycles. The number of hydrogen-bond donors (Lipinski definition) is 0. The Kier molecular flexibility index (Phi) is 12.5. The van der Waals surface area contributed by atoms with Gasteiger partial charge in [0.1, 0.15) is 28.6 Å². The zero-order valence-electron chi connectivity index (χ0n) is 30.6. The summed E-state index contributed by atoms with van der Waals surface area (Å²) in [6.07, 6.45) is 0. The minimum Gasteiger partial charge on any atom is -0.493 e. The van der Waals surface area contributed by atoms with Crippen LogP contribution in [0.5, 0.6) is 5.75 Å². The molecule has 0 N–H and O–H groups in total. The first-order valence-corrected chi connectivity index (χ1v) is 20.3. The van der Waals surface area contributed by atoms with Gasteiger partial charge in [0.2, 0.25) is 5.91 Å². The van der Waals surface area contributed by atoms with Gasteiger partial charge >= 0.3 is 6.03 Å². The highest BCUT2D eigenvalue weighted by Gasteiger charge is 2.45. The average molecular weight is 798 g/mol. The summed E-state index contributed by atoms with van der Waals surface area (Å²) in [6.45, 7) is 10.9. The van der Waals surface area contributed by atoms with Crippen molar-refractivity contribution in [1.29, 1.82) is 0 Å². The Morgan fingerprint density at radius 3 is 2.02 bits per heavy atom.